The van der Waals surface area contributed by atoms with Gasteiger partial charge in [-0.15, -0.1) is 5.10 Å². The molecule has 1 atom stereocenters. The van der Waals surface area contributed by atoms with Crippen LogP contribution in [0.4, 0.5) is 4.39 Å². The van der Waals surface area contributed by atoms with Crippen LogP contribution < -0.4 is 10.4 Å². The molecular weight excluding hydrogens is 555 g/mol. The summed E-state index contributed by atoms with van der Waals surface area (Å²) in [5.41, 5.74) is 3.51. The van der Waals surface area contributed by atoms with Gasteiger partial charge < -0.3 is 9.15 Å². The number of nitrogens with zero attached hydrogens (tertiary/aromatic N) is 4. The third-order valence-electron chi connectivity index (χ3n) is 7.50. The second-order valence-corrected chi connectivity index (χ2v) is 10.3. The zero-order valence-electron chi connectivity index (χ0n) is 21.7. The molecule has 4 heterocycles. The Labute approximate surface area is 242 Å². The van der Waals surface area contributed by atoms with Crippen molar-refractivity contribution >= 4 is 28.2 Å². The van der Waals surface area contributed by atoms with Crippen molar-refractivity contribution in [3.63, 3.8) is 0 Å². The molecular formula is C33H18ClFN4O3. The number of fused-ring (bicyclic) bond motifs is 6. The molecule has 7 nitrogen and oxygen atoms in total. The van der Waals surface area contributed by atoms with E-state index in [1.807, 2.05) is 54.6 Å². The Balaban J connectivity index is 1.36. The maximum Gasteiger partial charge on any atom is 0.344 e. The Kier molecular flexibility index (Phi) is 5.45. The number of hydrogen-bond acceptors (Lipinski definition) is 6. The average Bonchev–Trinajstić information content (AvgIpc) is 3.46. The molecule has 42 heavy (non-hydrogen) atoms. The zero-order valence-corrected chi connectivity index (χ0v) is 22.4. The smallest absolute Gasteiger partial charge is 0.344 e. The molecule has 7 aromatic rings. The van der Waals surface area contributed by atoms with Crippen LogP contribution in [0.5, 0.6) is 11.6 Å². The SMILES string of the molecule is O=c1oc2ccccc2c2c1C(c1c(F)cccc1Cl)c1c(ncn3nc(-c4ccc(-c5ccccc5)cc4)nc13)O2. The molecule has 0 radical (unpaired) electrons. The first-order valence-corrected chi connectivity index (χ1v) is 13.5. The highest BCUT2D eigenvalue weighted by Gasteiger charge is 2.39. The summed E-state index contributed by atoms with van der Waals surface area (Å²) in [6, 6.07) is 29.3. The van der Waals surface area contributed by atoms with Crippen LogP contribution in [0, 0.1) is 5.82 Å². The predicted octanol–water partition coefficient (Wildman–Crippen LogP) is 7.64. The Morgan fingerprint density at radius 2 is 1.52 bits per heavy atom. The molecule has 0 aliphatic carbocycles. The van der Waals surface area contributed by atoms with E-state index >= 15 is 4.39 Å². The maximum atomic E-state index is 15.6. The van der Waals surface area contributed by atoms with E-state index in [1.54, 1.807) is 30.3 Å². The van der Waals surface area contributed by atoms with Crippen LogP contribution in [0.3, 0.4) is 0 Å². The highest BCUT2D eigenvalue weighted by atomic mass is 35.5. The van der Waals surface area contributed by atoms with Crippen molar-refractivity contribution < 1.29 is 13.5 Å². The van der Waals surface area contributed by atoms with Gasteiger partial charge in [0.05, 0.1) is 22.4 Å². The summed E-state index contributed by atoms with van der Waals surface area (Å²) in [6.45, 7) is 0. The number of aromatic nitrogens is 4. The second-order valence-electron chi connectivity index (χ2n) is 9.91. The highest BCUT2D eigenvalue weighted by Crippen LogP contribution is 2.50. The molecule has 8 rings (SSSR count). The molecule has 0 saturated carbocycles. The minimum Gasteiger partial charge on any atom is -0.437 e. The summed E-state index contributed by atoms with van der Waals surface area (Å²) in [7, 11) is 0. The van der Waals surface area contributed by atoms with E-state index in [9.17, 15) is 4.79 Å². The monoisotopic (exact) mass is 572 g/mol. The van der Waals surface area contributed by atoms with Crippen LogP contribution in [-0.2, 0) is 0 Å². The molecule has 202 valence electrons. The standard InChI is InChI=1S/C33H18ClFN4O3/c34-22-10-6-11-23(35)25(22)26-27-29(21-9-4-5-12-24(21)41-33(27)40)42-32-28(26)31-37-30(38-39(31)17-36-32)20-15-13-19(14-16-20)18-7-2-1-3-8-18/h1-17,26H. The fourth-order valence-corrected chi connectivity index (χ4v) is 5.84. The quantitative estimate of drug-likeness (QED) is 0.202. The molecule has 0 amide bonds. The van der Waals surface area contributed by atoms with E-state index in [0.717, 1.165) is 16.7 Å². The molecule has 0 bridgehead atoms. The van der Waals surface area contributed by atoms with Crippen molar-refractivity contribution in [1.29, 1.82) is 0 Å². The minimum absolute atomic E-state index is 0.0965. The topological polar surface area (TPSA) is 82.5 Å². The number of para-hydroxylation sites is 1. The summed E-state index contributed by atoms with van der Waals surface area (Å²) >= 11 is 6.61. The molecule has 0 saturated heterocycles. The Bertz CT molecular complexity index is 2210. The molecule has 1 aliphatic heterocycles. The van der Waals surface area contributed by atoms with Gasteiger partial charge in [0, 0.05) is 16.1 Å². The van der Waals surface area contributed by atoms with Gasteiger partial charge in [0.25, 0.3) is 0 Å². The van der Waals surface area contributed by atoms with Gasteiger partial charge >= 0.3 is 5.63 Å². The average molecular weight is 573 g/mol. The summed E-state index contributed by atoms with van der Waals surface area (Å²) < 4.78 is 29.0. The zero-order chi connectivity index (χ0) is 28.4. The fraction of sp³-hybridized carbons (Fsp3) is 0.0303. The van der Waals surface area contributed by atoms with Crippen LogP contribution in [-0.4, -0.2) is 19.6 Å². The van der Waals surface area contributed by atoms with Gasteiger partial charge in [0.1, 0.15) is 17.7 Å². The molecule has 0 fully saturated rings. The predicted molar refractivity (Wildman–Crippen MR) is 157 cm³/mol. The summed E-state index contributed by atoms with van der Waals surface area (Å²) in [5.74, 6) is -0.760. The van der Waals surface area contributed by atoms with Gasteiger partial charge in [-0.05, 0) is 35.4 Å². The summed E-state index contributed by atoms with van der Waals surface area (Å²) in [6.07, 6.45) is 1.49. The lowest BCUT2D eigenvalue weighted by Gasteiger charge is -2.28. The third kappa shape index (κ3) is 3.73. The van der Waals surface area contributed by atoms with Gasteiger partial charge in [-0.2, -0.15) is 0 Å². The van der Waals surface area contributed by atoms with Crippen molar-refractivity contribution in [1.82, 2.24) is 19.6 Å². The largest absolute Gasteiger partial charge is 0.437 e. The van der Waals surface area contributed by atoms with Crippen LogP contribution in [0.15, 0.2) is 113 Å². The lowest BCUT2D eigenvalue weighted by molar-refractivity contribution is 0.420. The summed E-state index contributed by atoms with van der Waals surface area (Å²) in [5, 5.41) is 5.35. The Morgan fingerprint density at radius 1 is 0.786 bits per heavy atom. The third-order valence-corrected chi connectivity index (χ3v) is 7.83. The van der Waals surface area contributed by atoms with Crippen molar-refractivity contribution in [3.8, 4) is 34.1 Å². The fourth-order valence-electron chi connectivity index (χ4n) is 5.57. The van der Waals surface area contributed by atoms with Crippen LogP contribution in [0.1, 0.15) is 22.6 Å². The first-order chi connectivity index (χ1) is 20.6. The number of rotatable bonds is 3. The van der Waals surface area contributed by atoms with E-state index in [4.69, 9.17) is 25.7 Å². The Hall–Kier alpha value is -5.34. The normalized spacial score (nSPS) is 14.0. The first-order valence-electron chi connectivity index (χ1n) is 13.2. The van der Waals surface area contributed by atoms with E-state index in [-0.39, 0.29) is 27.8 Å². The molecule has 9 heteroatoms. The molecule has 3 aromatic heterocycles. The molecule has 1 unspecified atom stereocenters. The molecule has 1 aliphatic rings. The number of halogens is 2. The summed E-state index contributed by atoms with van der Waals surface area (Å²) in [4.78, 5) is 22.9. The Morgan fingerprint density at radius 3 is 2.33 bits per heavy atom. The highest BCUT2D eigenvalue weighted by molar-refractivity contribution is 6.31. The van der Waals surface area contributed by atoms with E-state index in [1.165, 1.54) is 23.0 Å². The van der Waals surface area contributed by atoms with Crippen LogP contribution >= 0.6 is 11.6 Å². The van der Waals surface area contributed by atoms with E-state index in [0.29, 0.717) is 28.0 Å². The number of benzene rings is 4. The van der Waals surface area contributed by atoms with E-state index < -0.39 is 17.4 Å². The molecule has 0 spiro atoms. The van der Waals surface area contributed by atoms with Crippen molar-refractivity contribution in [2.45, 2.75) is 5.92 Å². The van der Waals surface area contributed by atoms with Gasteiger partial charge in [0.2, 0.25) is 5.88 Å². The van der Waals surface area contributed by atoms with Crippen molar-refractivity contribution in [3.05, 3.63) is 141 Å². The van der Waals surface area contributed by atoms with Crippen LogP contribution in [0.25, 0.3) is 39.1 Å². The van der Waals surface area contributed by atoms with Gasteiger partial charge in [-0.3, -0.25) is 0 Å². The molecule has 4 aromatic carbocycles. The van der Waals surface area contributed by atoms with Gasteiger partial charge in [-0.1, -0.05) is 84.4 Å². The number of hydrogen-bond donors (Lipinski definition) is 0. The molecule has 0 N–H and O–H groups in total. The van der Waals surface area contributed by atoms with Crippen molar-refractivity contribution in [2.75, 3.05) is 0 Å². The van der Waals surface area contributed by atoms with E-state index in [2.05, 4.69) is 10.1 Å². The lowest BCUT2D eigenvalue weighted by atomic mass is 9.83. The lowest BCUT2D eigenvalue weighted by Crippen LogP contribution is -2.23. The number of ether oxygens (including phenoxy) is 1. The van der Waals surface area contributed by atoms with Crippen LogP contribution in [0.2, 0.25) is 5.02 Å². The maximum absolute atomic E-state index is 15.6. The second kappa shape index (κ2) is 9.36. The van der Waals surface area contributed by atoms with Crippen molar-refractivity contribution in [2.24, 2.45) is 0 Å². The van der Waals surface area contributed by atoms with Gasteiger partial charge in [-0.25, -0.2) is 23.7 Å². The van der Waals surface area contributed by atoms with Gasteiger partial charge in [0.15, 0.2) is 17.2 Å². The first kappa shape index (κ1) is 24.5. The minimum atomic E-state index is -1.02.